The summed E-state index contributed by atoms with van der Waals surface area (Å²) in [6.45, 7) is 0.981. The van der Waals surface area contributed by atoms with Gasteiger partial charge in [-0.1, -0.05) is 0 Å². The molecule has 0 saturated carbocycles. The van der Waals surface area contributed by atoms with E-state index < -0.39 is 30.5 Å². The molecule has 8 nitrogen and oxygen atoms in total. The van der Waals surface area contributed by atoms with Gasteiger partial charge < -0.3 is 40.9 Å². The van der Waals surface area contributed by atoms with E-state index in [4.69, 9.17) is 35.4 Å². The van der Waals surface area contributed by atoms with E-state index in [9.17, 15) is 0 Å². The van der Waals surface area contributed by atoms with Crippen LogP contribution >= 0.6 is 0 Å². The lowest BCUT2D eigenvalue weighted by molar-refractivity contribution is -0.195. The van der Waals surface area contributed by atoms with E-state index in [1.165, 1.54) is 6.92 Å². The summed E-state index contributed by atoms with van der Waals surface area (Å²) in [5.74, 6) is 0. The zero-order valence-electron chi connectivity index (χ0n) is 9.60. The highest BCUT2D eigenvalue weighted by molar-refractivity contribution is 4.85. The molecule has 8 N–H and O–H groups in total. The third-order valence-electron chi connectivity index (χ3n) is 2.05. The summed E-state index contributed by atoms with van der Waals surface area (Å²) in [7, 11) is 0. The largest absolute Gasteiger partial charge is 0.412 e. The molecule has 1 saturated heterocycles. The summed E-state index contributed by atoms with van der Waals surface area (Å²) in [6, 6.07) is 0. The fraction of sp³-hybridized carbons (Fsp3) is 1.00. The Morgan fingerprint density at radius 2 is 1.65 bits per heavy atom. The quantitative estimate of drug-likeness (QED) is 0.294. The van der Waals surface area contributed by atoms with Crippen LogP contribution in [0, 0.1) is 0 Å². The molecule has 4 unspecified atom stereocenters. The standard InChI is InChI=1S/C6H12O5.C3H8O2.H2O/c7-1-4-6(10)5(9)3(8)2-11-4;1-3(5)2-4;/h3-10H,1-2H2;3-5H,2H2,1H3;1H2/t;3-;/m.0./s1. The fourth-order valence-electron chi connectivity index (χ4n) is 1.03. The molecule has 0 aromatic carbocycles. The van der Waals surface area contributed by atoms with Crippen LogP contribution in [0.2, 0.25) is 0 Å². The van der Waals surface area contributed by atoms with E-state index in [2.05, 4.69) is 0 Å². The molecule has 17 heavy (non-hydrogen) atoms. The molecule has 0 aliphatic carbocycles. The summed E-state index contributed by atoms with van der Waals surface area (Å²) in [5, 5.41) is 51.7. The van der Waals surface area contributed by atoms with Crippen molar-refractivity contribution in [1.29, 1.82) is 0 Å². The lowest BCUT2D eigenvalue weighted by Crippen LogP contribution is -2.53. The van der Waals surface area contributed by atoms with Gasteiger partial charge in [0.05, 0.1) is 25.9 Å². The van der Waals surface area contributed by atoms with Crippen molar-refractivity contribution in [2.45, 2.75) is 37.4 Å². The minimum atomic E-state index is -1.22. The molecule has 0 amide bonds. The van der Waals surface area contributed by atoms with Gasteiger partial charge in [-0.25, -0.2) is 0 Å². The molecule has 0 radical (unpaired) electrons. The number of aliphatic hydroxyl groups is 6. The molecule has 1 heterocycles. The van der Waals surface area contributed by atoms with E-state index >= 15 is 0 Å². The third kappa shape index (κ3) is 6.86. The van der Waals surface area contributed by atoms with Crippen molar-refractivity contribution in [3.05, 3.63) is 0 Å². The molecule has 0 aromatic heterocycles. The van der Waals surface area contributed by atoms with Crippen molar-refractivity contribution in [1.82, 2.24) is 0 Å². The molecule has 0 aromatic rings. The van der Waals surface area contributed by atoms with Crippen molar-refractivity contribution >= 4 is 0 Å². The van der Waals surface area contributed by atoms with Gasteiger partial charge in [0, 0.05) is 0 Å². The van der Waals surface area contributed by atoms with Crippen molar-refractivity contribution < 1.29 is 40.9 Å². The van der Waals surface area contributed by atoms with Gasteiger partial charge in [0.1, 0.15) is 24.4 Å². The maximum Gasteiger partial charge on any atom is 0.111 e. The van der Waals surface area contributed by atoms with E-state index in [1.54, 1.807) is 0 Å². The number of hydrogen-bond acceptors (Lipinski definition) is 7. The van der Waals surface area contributed by atoms with Gasteiger partial charge in [-0.05, 0) is 6.92 Å². The molecular formula is C9H22O8. The van der Waals surface area contributed by atoms with Crippen LogP contribution < -0.4 is 0 Å². The topological polar surface area (TPSA) is 162 Å². The fourth-order valence-corrected chi connectivity index (χ4v) is 1.03. The van der Waals surface area contributed by atoms with Gasteiger partial charge in [0.15, 0.2) is 0 Å². The molecule has 1 aliphatic heterocycles. The Balaban J connectivity index is 0. The Morgan fingerprint density at radius 1 is 1.18 bits per heavy atom. The zero-order valence-corrected chi connectivity index (χ0v) is 9.60. The molecule has 1 aliphatic rings. The minimum Gasteiger partial charge on any atom is -0.412 e. The summed E-state index contributed by atoms with van der Waals surface area (Å²) < 4.78 is 4.81. The molecule has 5 atom stereocenters. The minimum absolute atomic E-state index is 0. The van der Waals surface area contributed by atoms with Gasteiger partial charge >= 0.3 is 0 Å². The molecule has 0 bridgehead atoms. The maximum atomic E-state index is 9.11. The summed E-state index contributed by atoms with van der Waals surface area (Å²) in [5.41, 5.74) is 0. The highest BCUT2D eigenvalue weighted by atomic mass is 16.5. The number of rotatable bonds is 2. The highest BCUT2D eigenvalue weighted by Gasteiger charge is 2.36. The average Bonchev–Trinajstić information content (AvgIpc) is 2.27. The highest BCUT2D eigenvalue weighted by Crippen LogP contribution is 2.14. The first-order valence-corrected chi connectivity index (χ1v) is 4.99. The van der Waals surface area contributed by atoms with Crippen LogP contribution in [-0.2, 0) is 4.74 Å². The van der Waals surface area contributed by atoms with Gasteiger partial charge in [-0.2, -0.15) is 0 Å². The lowest BCUT2D eigenvalue weighted by Gasteiger charge is -2.34. The second-order valence-corrected chi connectivity index (χ2v) is 3.63. The van der Waals surface area contributed by atoms with Gasteiger partial charge in [-0.15, -0.1) is 0 Å². The Labute approximate surface area is 99.0 Å². The Morgan fingerprint density at radius 3 is 2.00 bits per heavy atom. The van der Waals surface area contributed by atoms with Crippen LogP contribution in [0.3, 0.4) is 0 Å². The predicted molar refractivity (Wildman–Crippen MR) is 57.2 cm³/mol. The summed E-state index contributed by atoms with van der Waals surface area (Å²) >= 11 is 0. The Kier molecular flexibility index (Phi) is 10.8. The van der Waals surface area contributed by atoms with E-state index in [-0.39, 0.29) is 25.3 Å². The predicted octanol–water partition coefficient (Wildman–Crippen LogP) is -4.00. The van der Waals surface area contributed by atoms with Crippen LogP contribution in [0.1, 0.15) is 6.92 Å². The third-order valence-corrected chi connectivity index (χ3v) is 2.05. The number of ether oxygens (including phenoxy) is 1. The number of aliphatic hydroxyl groups excluding tert-OH is 6. The first-order valence-electron chi connectivity index (χ1n) is 4.99. The maximum absolute atomic E-state index is 9.11. The second kappa shape index (κ2) is 9.68. The molecule has 1 fully saturated rings. The first kappa shape index (κ1) is 19.0. The first-order chi connectivity index (χ1) is 7.43. The van der Waals surface area contributed by atoms with Crippen LogP contribution in [0.25, 0.3) is 0 Å². The molecular weight excluding hydrogens is 236 g/mol. The normalized spacial score (nSPS) is 34.1. The molecule has 0 spiro atoms. The van der Waals surface area contributed by atoms with Gasteiger partial charge in [0.25, 0.3) is 0 Å². The second-order valence-electron chi connectivity index (χ2n) is 3.63. The van der Waals surface area contributed by atoms with Crippen molar-refractivity contribution in [3.8, 4) is 0 Å². The Hall–Kier alpha value is -0.320. The van der Waals surface area contributed by atoms with E-state index in [1.807, 2.05) is 0 Å². The van der Waals surface area contributed by atoms with Crippen LogP contribution in [0.15, 0.2) is 0 Å². The van der Waals surface area contributed by atoms with E-state index in [0.717, 1.165) is 0 Å². The van der Waals surface area contributed by atoms with Crippen LogP contribution in [0.5, 0.6) is 0 Å². The van der Waals surface area contributed by atoms with E-state index in [0.29, 0.717) is 0 Å². The zero-order chi connectivity index (χ0) is 12.7. The van der Waals surface area contributed by atoms with Crippen molar-refractivity contribution in [2.24, 2.45) is 0 Å². The van der Waals surface area contributed by atoms with Gasteiger partial charge in [-0.3, -0.25) is 0 Å². The summed E-state index contributed by atoms with van der Waals surface area (Å²) in [6.07, 6.45) is -4.83. The Bertz CT molecular complexity index is 174. The van der Waals surface area contributed by atoms with Crippen LogP contribution in [0.4, 0.5) is 0 Å². The smallest absolute Gasteiger partial charge is 0.111 e. The van der Waals surface area contributed by atoms with Crippen molar-refractivity contribution in [3.63, 3.8) is 0 Å². The molecule has 1 rings (SSSR count). The van der Waals surface area contributed by atoms with Crippen LogP contribution in [-0.4, -0.2) is 86.5 Å². The molecule has 106 valence electrons. The molecule has 8 heteroatoms. The lowest BCUT2D eigenvalue weighted by atomic mass is 10.0. The number of hydrogen-bond donors (Lipinski definition) is 6. The summed E-state index contributed by atoms with van der Waals surface area (Å²) in [4.78, 5) is 0. The SMILES string of the molecule is C[C@H](O)CO.O.OCC1OCC(O)C(O)C1O. The van der Waals surface area contributed by atoms with Crippen molar-refractivity contribution in [2.75, 3.05) is 19.8 Å². The monoisotopic (exact) mass is 258 g/mol. The average molecular weight is 258 g/mol. The van der Waals surface area contributed by atoms with Gasteiger partial charge in [0.2, 0.25) is 0 Å².